The SMILES string of the molecule is CCCCC(CC)COC(=O)OOC(C)(C)CCO. The van der Waals surface area contributed by atoms with Crippen molar-refractivity contribution in [3.63, 3.8) is 0 Å². The highest BCUT2D eigenvalue weighted by molar-refractivity contribution is 5.58. The van der Waals surface area contributed by atoms with Crippen LogP contribution in [0.3, 0.4) is 0 Å². The third-order valence-electron chi connectivity index (χ3n) is 3.03. The fourth-order valence-electron chi connectivity index (χ4n) is 1.57. The van der Waals surface area contributed by atoms with Crippen LogP contribution in [0, 0.1) is 5.92 Å². The summed E-state index contributed by atoms with van der Waals surface area (Å²) in [5.74, 6) is 0.373. The quantitative estimate of drug-likeness (QED) is 0.376. The summed E-state index contributed by atoms with van der Waals surface area (Å²) in [7, 11) is 0. The van der Waals surface area contributed by atoms with E-state index >= 15 is 0 Å². The van der Waals surface area contributed by atoms with Gasteiger partial charge in [0.2, 0.25) is 0 Å². The second kappa shape index (κ2) is 10.0. The molecule has 0 rings (SSSR count). The molecular weight excluding hydrogens is 248 g/mol. The third-order valence-corrected chi connectivity index (χ3v) is 3.03. The lowest BCUT2D eigenvalue weighted by Crippen LogP contribution is -2.28. The summed E-state index contributed by atoms with van der Waals surface area (Å²) in [6, 6.07) is 0. The molecule has 5 heteroatoms. The fraction of sp³-hybridized carbons (Fsp3) is 0.929. The van der Waals surface area contributed by atoms with Gasteiger partial charge in [-0.1, -0.05) is 33.1 Å². The van der Waals surface area contributed by atoms with Crippen molar-refractivity contribution in [2.45, 2.75) is 65.4 Å². The van der Waals surface area contributed by atoms with E-state index in [9.17, 15) is 4.79 Å². The monoisotopic (exact) mass is 276 g/mol. The average molecular weight is 276 g/mol. The molecule has 0 aromatic rings. The van der Waals surface area contributed by atoms with Crippen LogP contribution in [0.25, 0.3) is 0 Å². The zero-order valence-corrected chi connectivity index (χ0v) is 12.6. The highest BCUT2D eigenvalue weighted by Crippen LogP contribution is 2.16. The van der Waals surface area contributed by atoms with Gasteiger partial charge in [-0.3, -0.25) is 4.89 Å². The van der Waals surface area contributed by atoms with E-state index in [0.29, 0.717) is 18.9 Å². The molecule has 0 aliphatic rings. The number of rotatable bonds is 10. The van der Waals surface area contributed by atoms with Gasteiger partial charge in [-0.05, 0) is 26.2 Å². The molecule has 5 nitrogen and oxygen atoms in total. The van der Waals surface area contributed by atoms with E-state index in [4.69, 9.17) is 14.7 Å². The minimum atomic E-state index is -0.819. The molecule has 1 atom stereocenters. The number of unbranched alkanes of at least 4 members (excludes halogenated alkanes) is 1. The number of ether oxygens (including phenoxy) is 1. The Kier molecular flexibility index (Phi) is 9.61. The van der Waals surface area contributed by atoms with E-state index in [2.05, 4.69) is 18.7 Å². The van der Waals surface area contributed by atoms with Gasteiger partial charge in [0, 0.05) is 13.0 Å². The topological polar surface area (TPSA) is 65.0 Å². The first kappa shape index (κ1) is 18.2. The van der Waals surface area contributed by atoms with E-state index in [-0.39, 0.29) is 6.61 Å². The maximum Gasteiger partial charge on any atom is 0.540 e. The fourth-order valence-corrected chi connectivity index (χ4v) is 1.57. The van der Waals surface area contributed by atoms with Crippen molar-refractivity contribution in [1.29, 1.82) is 0 Å². The van der Waals surface area contributed by atoms with Gasteiger partial charge in [0.15, 0.2) is 0 Å². The Hall–Kier alpha value is -0.810. The standard InChI is InChI=1S/C14H28O5/c1-5-7-8-12(6-2)11-17-13(16)18-19-14(3,4)9-10-15/h12,15H,5-11H2,1-4H3. The van der Waals surface area contributed by atoms with E-state index in [1.54, 1.807) is 13.8 Å². The van der Waals surface area contributed by atoms with Crippen LogP contribution in [0.1, 0.15) is 59.8 Å². The van der Waals surface area contributed by atoms with Gasteiger partial charge in [-0.2, -0.15) is 4.89 Å². The van der Waals surface area contributed by atoms with Crippen LogP contribution in [0.2, 0.25) is 0 Å². The molecule has 1 N–H and O–H groups in total. The van der Waals surface area contributed by atoms with Crippen LogP contribution in [-0.4, -0.2) is 30.1 Å². The number of hydrogen-bond donors (Lipinski definition) is 1. The Bertz CT molecular complexity index is 240. The number of hydrogen-bond acceptors (Lipinski definition) is 5. The molecule has 1 unspecified atom stereocenters. The summed E-state index contributed by atoms with van der Waals surface area (Å²) < 4.78 is 5.02. The molecule has 114 valence electrons. The summed E-state index contributed by atoms with van der Waals surface area (Å²) >= 11 is 0. The van der Waals surface area contributed by atoms with Gasteiger partial charge in [0.25, 0.3) is 0 Å². The Labute approximate surface area is 116 Å². The summed E-state index contributed by atoms with van der Waals surface area (Å²) in [5, 5.41) is 8.81. The minimum Gasteiger partial charge on any atom is -0.432 e. The number of carbonyl (C=O) groups is 1. The molecule has 0 heterocycles. The van der Waals surface area contributed by atoms with Gasteiger partial charge in [0.05, 0.1) is 6.61 Å². The smallest absolute Gasteiger partial charge is 0.432 e. The van der Waals surface area contributed by atoms with Crippen molar-refractivity contribution < 1.29 is 24.4 Å². The summed E-state index contributed by atoms with van der Waals surface area (Å²) in [6.07, 6.45) is 3.87. The third kappa shape index (κ3) is 9.73. The molecule has 0 saturated carbocycles. The molecule has 0 aromatic heterocycles. The predicted molar refractivity (Wildman–Crippen MR) is 72.6 cm³/mol. The van der Waals surface area contributed by atoms with Gasteiger partial charge >= 0.3 is 6.16 Å². The summed E-state index contributed by atoms with van der Waals surface area (Å²) in [5.41, 5.74) is -0.708. The van der Waals surface area contributed by atoms with Crippen molar-refractivity contribution in [1.82, 2.24) is 0 Å². The average Bonchev–Trinajstić information content (AvgIpc) is 2.36. The second-order valence-corrected chi connectivity index (χ2v) is 5.38. The zero-order valence-electron chi connectivity index (χ0n) is 12.6. The molecule has 0 aliphatic heterocycles. The lowest BCUT2D eigenvalue weighted by molar-refractivity contribution is -0.320. The highest BCUT2D eigenvalue weighted by Gasteiger charge is 2.22. The first-order valence-electron chi connectivity index (χ1n) is 7.08. The molecular formula is C14H28O5. The van der Waals surface area contributed by atoms with Gasteiger partial charge in [0.1, 0.15) is 5.60 Å². The number of aliphatic hydroxyl groups is 1. The molecule has 0 saturated heterocycles. The highest BCUT2D eigenvalue weighted by atomic mass is 17.2. The first-order valence-corrected chi connectivity index (χ1v) is 7.08. The Balaban J connectivity index is 3.85. The molecule has 0 spiro atoms. The molecule has 0 amide bonds. The zero-order chi connectivity index (χ0) is 14.7. The van der Waals surface area contributed by atoms with Crippen LogP contribution in [-0.2, 0) is 14.5 Å². The molecule has 19 heavy (non-hydrogen) atoms. The number of aliphatic hydroxyl groups excluding tert-OH is 1. The van der Waals surface area contributed by atoms with E-state index in [1.165, 1.54) is 0 Å². The lowest BCUT2D eigenvalue weighted by atomic mass is 10.0. The van der Waals surface area contributed by atoms with Crippen LogP contribution in [0.15, 0.2) is 0 Å². The van der Waals surface area contributed by atoms with Crippen LogP contribution < -0.4 is 0 Å². The van der Waals surface area contributed by atoms with E-state index in [1.807, 2.05) is 0 Å². The van der Waals surface area contributed by atoms with Crippen LogP contribution in [0.5, 0.6) is 0 Å². The van der Waals surface area contributed by atoms with Gasteiger partial charge in [-0.15, -0.1) is 0 Å². The summed E-state index contributed by atoms with van der Waals surface area (Å²) in [6.45, 7) is 8.01. The first-order chi connectivity index (χ1) is 8.95. The van der Waals surface area contributed by atoms with Crippen molar-refractivity contribution in [3.8, 4) is 0 Å². The molecule has 0 aromatic carbocycles. The van der Waals surface area contributed by atoms with E-state index < -0.39 is 11.8 Å². The van der Waals surface area contributed by atoms with Crippen molar-refractivity contribution in [2.24, 2.45) is 5.92 Å². The largest absolute Gasteiger partial charge is 0.540 e. The Morgan fingerprint density at radius 3 is 2.53 bits per heavy atom. The van der Waals surface area contributed by atoms with Crippen LogP contribution in [0.4, 0.5) is 4.79 Å². The Morgan fingerprint density at radius 2 is 2.00 bits per heavy atom. The van der Waals surface area contributed by atoms with E-state index in [0.717, 1.165) is 25.7 Å². The minimum absolute atomic E-state index is 0.0274. The number of carbonyl (C=O) groups excluding carboxylic acids is 1. The summed E-state index contributed by atoms with van der Waals surface area (Å²) in [4.78, 5) is 20.9. The maximum absolute atomic E-state index is 11.4. The predicted octanol–water partition coefficient (Wildman–Crippen LogP) is 3.45. The van der Waals surface area contributed by atoms with Gasteiger partial charge in [-0.25, -0.2) is 4.79 Å². The van der Waals surface area contributed by atoms with Crippen LogP contribution >= 0.6 is 0 Å². The molecule has 0 radical (unpaired) electrons. The van der Waals surface area contributed by atoms with Gasteiger partial charge < -0.3 is 9.84 Å². The van der Waals surface area contributed by atoms with Crippen molar-refractivity contribution in [2.75, 3.05) is 13.2 Å². The lowest BCUT2D eigenvalue weighted by Gasteiger charge is -2.21. The normalized spacial score (nSPS) is 13.1. The maximum atomic E-state index is 11.4. The molecule has 0 fully saturated rings. The molecule has 0 bridgehead atoms. The Morgan fingerprint density at radius 1 is 1.32 bits per heavy atom. The molecule has 0 aliphatic carbocycles. The second-order valence-electron chi connectivity index (χ2n) is 5.38. The van der Waals surface area contributed by atoms with Crippen molar-refractivity contribution in [3.05, 3.63) is 0 Å². The van der Waals surface area contributed by atoms with Crippen molar-refractivity contribution >= 4 is 6.16 Å².